The number of hydrogen-bond acceptors (Lipinski definition) is 2. The molecule has 0 aromatic heterocycles. The van der Waals surface area contributed by atoms with Crippen LogP contribution >= 0.6 is 0 Å². The van der Waals surface area contributed by atoms with Gasteiger partial charge in [0.1, 0.15) is 12.1 Å². The molecule has 1 aliphatic rings. The summed E-state index contributed by atoms with van der Waals surface area (Å²) in [6.07, 6.45) is 1.54. The highest BCUT2D eigenvalue weighted by Gasteiger charge is 2.44. The van der Waals surface area contributed by atoms with Crippen LogP contribution in [0.25, 0.3) is 0 Å². The first-order valence-electron chi connectivity index (χ1n) is 7.47. The molecule has 0 saturated carbocycles. The maximum atomic E-state index is 12.6. The highest BCUT2D eigenvalue weighted by atomic mass is 16.2. The molecule has 19 heavy (non-hydrogen) atoms. The molecule has 110 valence electrons. The summed E-state index contributed by atoms with van der Waals surface area (Å²) in [4.78, 5) is 26.8. The van der Waals surface area contributed by atoms with E-state index in [-0.39, 0.29) is 35.9 Å². The number of nitrogens with one attached hydrogen (secondary N) is 1. The van der Waals surface area contributed by atoms with E-state index in [4.69, 9.17) is 0 Å². The highest BCUT2D eigenvalue weighted by Crippen LogP contribution is 2.26. The zero-order valence-electron chi connectivity index (χ0n) is 13.1. The quantitative estimate of drug-likeness (QED) is 0.831. The Morgan fingerprint density at radius 1 is 1.16 bits per heavy atom. The standard InChI is InChI=1S/C15H28N2O2/c1-7-11-15(19)17(12(8-2)9(3)4)13(10(5)6)14(18)16-11/h9-13H,7-8H2,1-6H3,(H,16,18). The molecule has 1 heterocycles. The molecule has 3 atom stereocenters. The molecule has 4 heteroatoms. The molecule has 1 N–H and O–H groups in total. The van der Waals surface area contributed by atoms with Gasteiger partial charge in [0.25, 0.3) is 0 Å². The van der Waals surface area contributed by atoms with Crippen molar-refractivity contribution in [2.24, 2.45) is 11.8 Å². The van der Waals surface area contributed by atoms with Crippen LogP contribution in [0.1, 0.15) is 54.4 Å². The predicted octanol–water partition coefficient (Wildman–Crippen LogP) is 2.18. The van der Waals surface area contributed by atoms with Crippen LogP contribution in [0.4, 0.5) is 0 Å². The molecular formula is C15H28N2O2. The zero-order valence-corrected chi connectivity index (χ0v) is 13.1. The van der Waals surface area contributed by atoms with Crippen molar-refractivity contribution in [3.8, 4) is 0 Å². The number of piperazine rings is 1. The van der Waals surface area contributed by atoms with E-state index < -0.39 is 0 Å². The lowest BCUT2D eigenvalue weighted by atomic mass is 9.90. The maximum absolute atomic E-state index is 12.6. The minimum atomic E-state index is -0.352. The van der Waals surface area contributed by atoms with Crippen molar-refractivity contribution in [3.05, 3.63) is 0 Å². The Balaban J connectivity index is 3.15. The Hall–Kier alpha value is -1.06. The van der Waals surface area contributed by atoms with Crippen LogP contribution in [0.2, 0.25) is 0 Å². The minimum absolute atomic E-state index is 0.000509. The van der Waals surface area contributed by atoms with Gasteiger partial charge in [-0.2, -0.15) is 0 Å². The number of carbonyl (C=O) groups excluding carboxylic acids is 2. The van der Waals surface area contributed by atoms with Gasteiger partial charge in [-0.25, -0.2) is 0 Å². The molecule has 1 saturated heterocycles. The van der Waals surface area contributed by atoms with Crippen molar-refractivity contribution >= 4 is 11.8 Å². The van der Waals surface area contributed by atoms with E-state index in [1.165, 1.54) is 0 Å². The Morgan fingerprint density at radius 3 is 2.11 bits per heavy atom. The molecule has 2 amide bonds. The largest absolute Gasteiger partial charge is 0.343 e. The van der Waals surface area contributed by atoms with Gasteiger partial charge in [0.05, 0.1) is 0 Å². The summed E-state index contributed by atoms with van der Waals surface area (Å²) in [5.41, 5.74) is 0. The Kier molecular flexibility index (Phi) is 5.39. The minimum Gasteiger partial charge on any atom is -0.343 e. The van der Waals surface area contributed by atoms with Gasteiger partial charge in [0, 0.05) is 6.04 Å². The van der Waals surface area contributed by atoms with Crippen LogP contribution in [0.5, 0.6) is 0 Å². The van der Waals surface area contributed by atoms with E-state index in [1.807, 2.05) is 25.7 Å². The summed E-state index contributed by atoms with van der Waals surface area (Å²) in [6, 6.07) is -0.544. The van der Waals surface area contributed by atoms with Crippen molar-refractivity contribution in [3.63, 3.8) is 0 Å². The fourth-order valence-corrected chi connectivity index (χ4v) is 3.02. The van der Waals surface area contributed by atoms with E-state index in [0.29, 0.717) is 12.3 Å². The van der Waals surface area contributed by atoms with Gasteiger partial charge in [0.2, 0.25) is 11.8 Å². The molecule has 0 aliphatic carbocycles. The SMILES string of the molecule is CCC1NC(=O)C(C(C)C)N(C(CC)C(C)C)C1=O. The average molecular weight is 268 g/mol. The van der Waals surface area contributed by atoms with Gasteiger partial charge in [0.15, 0.2) is 0 Å². The molecule has 0 radical (unpaired) electrons. The number of rotatable bonds is 5. The van der Waals surface area contributed by atoms with Crippen molar-refractivity contribution < 1.29 is 9.59 Å². The smallest absolute Gasteiger partial charge is 0.246 e. The highest BCUT2D eigenvalue weighted by molar-refractivity contribution is 5.97. The zero-order chi connectivity index (χ0) is 14.7. The molecular weight excluding hydrogens is 240 g/mol. The van der Waals surface area contributed by atoms with Crippen LogP contribution in [0, 0.1) is 11.8 Å². The van der Waals surface area contributed by atoms with Crippen molar-refractivity contribution in [1.29, 1.82) is 0 Å². The lowest BCUT2D eigenvalue weighted by molar-refractivity contribution is -0.155. The number of nitrogens with zero attached hydrogens (tertiary/aromatic N) is 1. The van der Waals surface area contributed by atoms with E-state index in [2.05, 4.69) is 26.1 Å². The monoisotopic (exact) mass is 268 g/mol. The second-order valence-corrected chi connectivity index (χ2v) is 6.12. The lowest BCUT2D eigenvalue weighted by Crippen LogP contribution is -2.67. The normalized spacial score (nSPS) is 26.0. The van der Waals surface area contributed by atoms with Crippen LogP contribution in [-0.2, 0) is 9.59 Å². The fourth-order valence-electron chi connectivity index (χ4n) is 3.02. The van der Waals surface area contributed by atoms with Crippen LogP contribution in [0.15, 0.2) is 0 Å². The summed E-state index contributed by atoms with van der Waals surface area (Å²) >= 11 is 0. The first-order chi connectivity index (χ1) is 8.84. The van der Waals surface area contributed by atoms with Crippen LogP contribution in [-0.4, -0.2) is 34.8 Å². The fraction of sp³-hybridized carbons (Fsp3) is 0.867. The molecule has 0 aromatic rings. The number of amides is 2. The van der Waals surface area contributed by atoms with Crippen LogP contribution in [0.3, 0.4) is 0 Å². The summed E-state index contributed by atoms with van der Waals surface area (Å²) in [5.74, 6) is 0.579. The summed E-state index contributed by atoms with van der Waals surface area (Å²) < 4.78 is 0. The number of carbonyl (C=O) groups is 2. The topological polar surface area (TPSA) is 49.4 Å². The molecule has 1 aliphatic heterocycles. The van der Waals surface area contributed by atoms with Gasteiger partial charge in [-0.15, -0.1) is 0 Å². The molecule has 0 aromatic carbocycles. The van der Waals surface area contributed by atoms with E-state index >= 15 is 0 Å². The second-order valence-electron chi connectivity index (χ2n) is 6.12. The first kappa shape index (κ1) is 16.0. The van der Waals surface area contributed by atoms with Gasteiger partial charge in [-0.05, 0) is 24.7 Å². The van der Waals surface area contributed by atoms with Gasteiger partial charge in [-0.1, -0.05) is 41.5 Å². The maximum Gasteiger partial charge on any atom is 0.246 e. The Bertz CT molecular complexity index is 339. The molecule has 0 spiro atoms. The number of hydrogen-bond donors (Lipinski definition) is 1. The second kappa shape index (κ2) is 6.40. The molecule has 0 bridgehead atoms. The van der Waals surface area contributed by atoms with E-state index in [1.54, 1.807) is 0 Å². The summed E-state index contributed by atoms with van der Waals surface area (Å²) in [6.45, 7) is 12.3. The lowest BCUT2D eigenvalue weighted by Gasteiger charge is -2.46. The van der Waals surface area contributed by atoms with Crippen LogP contribution < -0.4 is 5.32 Å². The van der Waals surface area contributed by atoms with Gasteiger partial charge in [-0.3, -0.25) is 9.59 Å². The van der Waals surface area contributed by atoms with E-state index in [9.17, 15) is 9.59 Å². The average Bonchev–Trinajstić information content (AvgIpc) is 2.32. The van der Waals surface area contributed by atoms with Crippen molar-refractivity contribution in [1.82, 2.24) is 10.2 Å². The molecule has 1 fully saturated rings. The molecule has 4 nitrogen and oxygen atoms in total. The van der Waals surface area contributed by atoms with Crippen molar-refractivity contribution in [2.75, 3.05) is 0 Å². The molecule has 3 unspecified atom stereocenters. The molecule has 1 rings (SSSR count). The summed E-state index contributed by atoms with van der Waals surface area (Å²) in [7, 11) is 0. The van der Waals surface area contributed by atoms with Gasteiger partial charge < -0.3 is 10.2 Å². The Morgan fingerprint density at radius 2 is 1.74 bits per heavy atom. The first-order valence-corrected chi connectivity index (χ1v) is 7.47. The predicted molar refractivity (Wildman–Crippen MR) is 76.6 cm³/mol. The third-order valence-corrected chi connectivity index (χ3v) is 4.02. The Labute approximate surface area is 116 Å². The third kappa shape index (κ3) is 3.10. The van der Waals surface area contributed by atoms with Crippen molar-refractivity contribution in [2.45, 2.75) is 72.5 Å². The summed E-state index contributed by atoms with van der Waals surface area (Å²) in [5, 5.41) is 2.86. The van der Waals surface area contributed by atoms with Gasteiger partial charge >= 0.3 is 0 Å². The van der Waals surface area contributed by atoms with E-state index in [0.717, 1.165) is 6.42 Å². The third-order valence-electron chi connectivity index (χ3n) is 4.02.